The summed E-state index contributed by atoms with van der Waals surface area (Å²) in [6, 6.07) is 7.33. The molecule has 3 heterocycles. The molecule has 6 heteroatoms. The number of furan rings is 1. The number of rotatable bonds is 1. The number of carbonyl (C=O) groups is 2. The summed E-state index contributed by atoms with van der Waals surface area (Å²) in [5, 5.41) is 0.936. The molecule has 0 radical (unpaired) electrons. The Kier molecular flexibility index (Phi) is 3.57. The van der Waals surface area contributed by atoms with Crippen molar-refractivity contribution < 1.29 is 14.0 Å². The van der Waals surface area contributed by atoms with Gasteiger partial charge < -0.3 is 14.2 Å². The molecule has 2 aliphatic heterocycles. The molecule has 4 rings (SSSR count). The summed E-state index contributed by atoms with van der Waals surface area (Å²) in [5.74, 6) is 0.834. The maximum Gasteiger partial charge on any atom is 0.257 e. The van der Waals surface area contributed by atoms with Gasteiger partial charge in [-0.15, -0.1) is 0 Å². The van der Waals surface area contributed by atoms with E-state index in [-0.39, 0.29) is 17.9 Å². The number of nitrogens with zero attached hydrogens (tertiary/aromatic N) is 3. The van der Waals surface area contributed by atoms with E-state index in [1.54, 1.807) is 15.9 Å². The zero-order valence-corrected chi connectivity index (χ0v) is 14.0. The van der Waals surface area contributed by atoms with E-state index in [0.29, 0.717) is 24.2 Å². The van der Waals surface area contributed by atoms with Crippen molar-refractivity contribution in [2.24, 2.45) is 0 Å². The maximum atomic E-state index is 13.0. The molecule has 24 heavy (non-hydrogen) atoms. The molecule has 2 fully saturated rings. The van der Waals surface area contributed by atoms with Crippen LogP contribution < -0.4 is 0 Å². The fourth-order valence-corrected chi connectivity index (χ4v) is 3.68. The second kappa shape index (κ2) is 5.63. The van der Waals surface area contributed by atoms with Gasteiger partial charge in [0.15, 0.2) is 0 Å². The maximum absolute atomic E-state index is 13.0. The third-order valence-electron chi connectivity index (χ3n) is 5.06. The molecular formula is C18H21N3O3. The van der Waals surface area contributed by atoms with Crippen LogP contribution in [0.25, 0.3) is 11.0 Å². The summed E-state index contributed by atoms with van der Waals surface area (Å²) in [5.41, 5.74) is 1.21. The smallest absolute Gasteiger partial charge is 0.257 e. The SMILES string of the molecule is Cc1cc2cccc(C(=O)N3CCN4CCN(C)C(=O)[C@@H]4C3)c2o1. The second-order valence-corrected chi connectivity index (χ2v) is 6.64. The number of carbonyl (C=O) groups excluding carboxylic acids is 2. The number of benzene rings is 1. The van der Waals surface area contributed by atoms with Crippen LogP contribution in [0, 0.1) is 6.92 Å². The van der Waals surface area contributed by atoms with Crippen molar-refractivity contribution in [1.29, 1.82) is 0 Å². The molecule has 2 aromatic rings. The molecule has 2 amide bonds. The van der Waals surface area contributed by atoms with Gasteiger partial charge in [-0.05, 0) is 19.1 Å². The van der Waals surface area contributed by atoms with Crippen LogP contribution in [0.4, 0.5) is 0 Å². The Morgan fingerprint density at radius 3 is 2.83 bits per heavy atom. The van der Waals surface area contributed by atoms with Gasteiger partial charge in [-0.1, -0.05) is 12.1 Å². The van der Waals surface area contributed by atoms with Gasteiger partial charge in [0.2, 0.25) is 5.91 Å². The minimum Gasteiger partial charge on any atom is -0.461 e. The summed E-state index contributed by atoms with van der Waals surface area (Å²) in [4.78, 5) is 31.1. The van der Waals surface area contributed by atoms with Gasteiger partial charge in [0.1, 0.15) is 17.4 Å². The standard InChI is InChI=1S/C18H21N3O3/c1-12-10-13-4-3-5-14(16(13)24-12)17(22)21-9-8-20-7-6-19(2)18(23)15(20)11-21/h3-5,10,15H,6-9,11H2,1-2H3/t15-/m0/s1. The zero-order valence-electron chi connectivity index (χ0n) is 14.0. The molecule has 1 aromatic carbocycles. The highest BCUT2D eigenvalue weighted by Crippen LogP contribution is 2.25. The molecule has 0 saturated carbocycles. The van der Waals surface area contributed by atoms with Gasteiger partial charge in [-0.3, -0.25) is 14.5 Å². The second-order valence-electron chi connectivity index (χ2n) is 6.64. The number of hydrogen-bond acceptors (Lipinski definition) is 4. The van der Waals surface area contributed by atoms with Crippen LogP contribution in [0.2, 0.25) is 0 Å². The number of likely N-dealkylation sites (N-methyl/N-ethyl adjacent to an activating group) is 1. The zero-order chi connectivity index (χ0) is 16.8. The predicted octanol–water partition coefficient (Wildman–Crippen LogP) is 1.34. The van der Waals surface area contributed by atoms with Crippen LogP contribution in [-0.4, -0.2) is 72.3 Å². The summed E-state index contributed by atoms with van der Waals surface area (Å²) < 4.78 is 5.72. The number of piperazine rings is 2. The van der Waals surface area contributed by atoms with Crippen molar-refractivity contribution in [2.45, 2.75) is 13.0 Å². The predicted molar refractivity (Wildman–Crippen MR) is 89.9 cm³/mol. The summed E-state index contributed by atoms with van der Waals surface area (Å²) in [6.45, 7) is 5.34. The first-order chi connectivity index (χ1) is 11.5. The van der Waals surface area contributed by atoms with Gasteiger partial charge >= 0.3 is 0 Å². The third kappa shape index (κ3) is 2.38. The third-order valence-corrected chi connectivity index (χ3v) is 5.06. The number of hydrogen-bond donors (Lipinski definition) is 0. The average molecular weight is 327 g/mol. The molecule has 0 unspecified atom stereocenters. The topological polar surface area (TPSA) is 57.0 Å². The molecule has 0 bridgehead atoms. The average Bonchev–Trinajstić information content (AvgIpc) is 2.97. The fourth-order valence-electron chi connectivity index (χ4n) is 3.68. The van der Waals surface area contributed by atoms with Crippen molar-refractivity contribution in [3.8, 4) is 0 Å². The van der Waals surface area contributed by atoms with Crippen molar-refractivity contribution in [3.05, 3.63) is 35.6 Å². The van der Waals surface area contributed by atoms with Crippen molar-refractivity contribution in [1.82, 2.24) is 14.7 Å². The van der Waals surface area contributed by atoms with Gasteiger partial charge in [-0.25, -0.2) is 0 Å². The number of amides is 2. The highest BCUT2D eigenvalue weighted by Gasteiger charge is 2.39. The van der Waals surface area contributed by atoms with Crippen LogP contribution in [0.1, 0.15) is 16.1 Å². The molecule has 0 spiro atoms. The van der Waals surface area contributed by atoms with E-state index in [1.165, 1.54) is 0 Å². The van der Waals surface area contributed by atoms with E-state index in [4.69, 9.17) is 4.42 Å². The van der Waals surface area contributed by atoms with E-state index in [0.717, 1.165) is 30.8 Å². The number of para-hydroxylation sites is 1. The minimum absolute atomic E-state index is 0.0596. The lowest BCUT2D eigenvalue weighted by Gasteiger charge is -2.45. The highest BCUT2D eigenvalue weighted by molar-refractivity contribution is 6.05. The molecule has 2 saturated heterocycles. The van der Waals surface area contributed by atoms with Gasteiger partial charge in [0.25, 0.3) is 5.91 Å². The molecule has 2 aliphatic rings. The van der Waals surface area contributed by atoms with Crippen LogP contribution >= 0.6 is 0 Å². The highest BCUT2D eigenvalue weighted by atomic mass is 16.3. The number of aryl methyl sites for hydroxylation is 1. The molecular weight excluding hydrogens is 306 g/mol. The largest absolute Gasteiger partial charge is 0.461 e. The van der Waals surface area contributed by atoms with Crippen molar-refractivity contribution in [3.63, 3.8) is 0 Å². The van der Waals surface area contributed by atoms with Crippen LogP contribution in [0.3, 0.4) is 0 Å². The Labute approximate surface area is 140 Å². The summed E-state index contributed by atoms with van der Waals surface area (Å²) >= 11 is 0. The first kappa shape index (κ1) is 15.2. The Bertz CT molecular complexity index is 813. The summed E-state index contributed by atoms with van der Waals surface area (Å²) in [6.07, 6.45) is 0. The molecule has 6 nitrogen and oxygen atoms in total. The van der Waals surface area contributed by atoms with E-state index < -0.39 is 0 Å². The Morgan fingerprint density at radius 2 is 2.00 bits per heavy atom. The Hall–Kier alpha value is -2.34. The van der Waals surface area contributed by atoms with Gasteiger partial charge in [0, 0.05) is 45.2 Å². The van der Waals surface area contributed by atoms with E-state index in [2.05, 4.69) is 4.90 Å². The number of fused-ring (bicyclic) bond motifs is 2. The Morgan fingerprint density at radius 1 is 1.21 bits per heavy atom. The lowest BCUT2D eigenvalue weighted by Crippen LogP contribution is -2.64. The van der Waals surface area contributed by atoms with Crippen LogP contribution in [-0.2, 0) is 4.79 Å². The van der Waals surface area contributed by atoms with E-state index in [1.807, 2.05) is 32.2 Å². The monoisotopic (exact) mass is 327 g/mol. The van der Waals surface area contributed by atoms with Gasteiger partial charge in [-0.2, -0.15) is 0 Å². The normalized spacial score (nSPS) is 22.1. The van der Waals surface area contributed by atoms with E-state index >= 15 is 0 Å². The minimum atomic E-state index is -0.223. The quantitative estimate of drug-likeness (QED) is 0.793. The first-order valence-electron chi connectivity index (χ1n) is 8.32. The molecule has 0 aliphatic carbocycles. The van der Waals surface area contributed by atoms with Crippen molar-refractivity contribution >= 4 is 22.8 Å². The summed E-state index contributed by atoms with van der Waals surface area (Å²) in [7, 11) is 1.83. The Balaban J connectivity index is 1.61. The van der Waals surface area contributed by atoms with E-state index in [9.17, 15) is 9.59 Å². The molecule has 1 aromatic heterocycles. The van der Waals surface area contributed by atoms with Crippen molar-refractivity contribution in [2.75, 3.05) is 39.8 Å². The van der Waals surface area contributed by atoms with Crippen LogP contribution in [0.5, 0.6) is 0 Å². The molecule has 1 atom stereocenters. The van der Waals surface area contributed by atoms with Gasteiger partial charge in [0.05, 0.1) is 5.56 Å². The molecule has 126 valence electrons. The fraction of sp³-hybridized carbons (Fsp3) is 0.444. The first-order valence-corrected chi connectivity index (χ1v) is 8.32. The molecule has 0 N–H and O–H groups in total. The lowest BCUT2D eigenvalue weighted by molar-refractivity contribution is -0.142. The van der Waals surface area contributed by atoms with Crippen LogP contribution in [0.15, 0.2) is 28.7 Å². The lowest BCUT2D eigenvalue weighted by atomic mass is 10.1.